The van der Waals surface area contributed by atoms with Gasteiger partial charge in [0.15, 0.2) is 40.2 Å². The highest BCUT2D eigenvalue weighted by Gasteiger charge is 2.51. The van der Waals surface area contributed by atoms with Gasteiger partial charge in [-0.15, -0.1) is 0 Å². The van der Waals surface area contributed by atoms with E-state index in [4.69, 9.17) is 34.1 Å². The molecule has 21 heteroatoms. The molecule has 21 nitrogen and oxygen atoms in total. The topological polar surface area (TPSA) is 270 Å². The number of aliphatic hydroxyl groups is 4. The van der Waals surface area contributed by atoms with Crippen molar-refractivity contribution in [2.24, 2.45) is 0 Å². The van der Waals surface area contributed by atoms with E-state index in [0.29, 0.717) is 52.0 Å². The van der Waals surface area contributed by atoms with E-state index in [2.05, 4.69) is 41.2 Å². The summed E-state index contributed by atoms with van der Waals surface area (Å²) < 4.78 is 22.2. The Balaban J connectivity index is 0.810. The number of ether oxygens (including phenoxy) is 3. The number of aromatic nitrogens is 10. The molecule has 8 heterocycles. The maximum Gasteiger partial charge on any atom is 0.232 e. The van der Waals surface area contributed by atoms with E-state index >= 15 is 0 Å². The number of benzene rings is 2. The number of rotatable bonds is 14. The lowest BCUT2D eigenvalue weighted by Gasteiger charge is -2.20. The molecule has 332 valence electrons. The van der Waals surface area contributed by atoms with Gasteiger partial charge in [0.1, 0.15) is 42.3 Å². The molecule has 4 aliphatic rings. The predicted octanol–water partition coefficient (Wildman–Crippen LogP) is 3.65. The minimum Gasteiger partial charge on any atom is -0.394 e. The van der Waals surface area contributed by atoms with E-state index in [0.717, 1.165) is 34.4 Å². The van der Waals surface area contributed by atoms with Crippen molar-refractivity contribution < 1.29 is 34.6 Å². The molecule has 6 aromatic heterocycles. The summed E-state index contributed by atoms with van der Waals surface area (Å²) in [5.74, 6) is 2.63. The number of imidazole rings is 2. The van der Waals surface area contributed by atoms with Gasteiger partial charge < -0.3 is 55.9 Å². The molecule has 9 atom stereocenters. The quantitative estimate of drug-likeness (QED) is 0.0774. The lowest BCUT2D eigenvalue weighted by atomic mass is 10.1. The van der Waals surface area contributed by atoms with Gasteiger partial charge in [0.2, 0.25) is 11.9 Å². The van der Waals surface area contributed by atoms with Crippen LogP contribution < -0.4 is 21.3 Å². The van der Waals surface area contributed by atoms with Crippen LogP contribution in [0.15, 0.2) is 85.7 Å². The number of hydrogen-bond acceptors (Lipinski definition) is 19. The smallest absolute Gasteiger partial charge is 0.232 e. The fraction of sp³-hybridized carbons (Fsp3) is 0.364. The highest BCUT2D eigenvalue weighted by Crippen LogP contribution is 2.41. The molecule has 65 heavy (non-hydrogen) atoms. The molecule has 9 unspecified atom stereocenters. The summed E-state index contributed by atoms with van der Waals surface area (Å²) in [4.78, 5) is 37.8. The summed E-state index contributed by atoms with van der Waals surface area (Å²) in [5.41, 5.74) is 1.80. The third-order valence-corrected chi connectivity index (χ3v) is 12.4. The van der Waals surface area contributed by atoms with Crippen molar-refractivity contribution in [3.05, 3.63) is 85.7 Å². The number of nitrogens with one attached hydrogen (secondary N) is 4. The second-order valence-electron chi connectivity index (χ2n) is 16.8. The van der Waals surface area contributed by atoms with E-state index in [-0.39, 0.29) is 37.0 Å². The van der Waals surface area contributed by atoms with E-state index in [1.165, 1.54) is 0 Å². The SMILES string of the molecule is OCC1OC(n2cnc3c(NC4CC4OC4C(CO)OC(n5cnc6c(NC7CC7)nc(Nc7nccc8ccccc78)nc65)C4O)nc(Nc4nccc5ccccc45)nc32)CC1O. The third-order valence-electron chi connectivity index (χ3n) is 12.4. The van der Waals surface area contributed by atoms with Gasteiger partial charge in [-0.25, -0.2) is 19.9 Å². The molecule has 4 fully saturated rings. The maximum absolute atomic E-state index is 11.9. The second-order valence-corrected chi connectivity index (χ2v) is 16.8. The van der Waals surface area contributed by atoms with Crippen LogP contribution >= 0.6 is 0 Å². The Bertz CT molecular complexity index is 3060. The lowest BCUT2D eigenvalue weighted by Crippen LogP contribution is -2.37. The van der Waals surface area contributed by atoms with Crippen molar-refractivity contribution in [3.63, 3.8) is 0 Å². The van der Waals surface area contributed by atoms with Crippen LogP contribution in [0.4, 0.5) is 35.2 Å². The van der Waals surface area contributed by atoms with E-state index in [9.17, 15) is 20.4 Å². The summed E-state index contributed by atoms with van der Waals surface area (Å²) in [6.07, 6.45) is 2.75. The molecule has 0 bridgehead atoms. The minimum absolute atomic E-state index is 0.232. The van der Waals surface area contributed by atoms with Crippen LogP contribution in [0.5, 0.6) is 0 Å². The van der Waals surface area contributed by atoms with Crippen molar-refractivity contribution in [2.45, 2.75) is 86.8 Å². The Morgan fingerprint density at radius 3 is 1.86 bits per heavy atom. The summed E-state index contributed by atoms with van der Waals surface area (Å²) >= 11 is 0. The molecule has 8 aromatic rings. The molecular weight excluding hydrogens is 837 g/mol. The molecule has 2 aliphatic carbocycles. The molecule has 0 amide bonds. The number of nitrogens with zero attached hydrogens (tertiary/aromatic N) is 10. The molecule has 2 aliphatic heterocycles. The van der Waals surface area contributed by atoms with Crippen LogP contribution in [-0.4, -0.2) is 131 Å². The number of pyridine rings is 2. The largest absolute Gasteiger partial charge is 0.394 e. The van der Waals surface area contributed by atoms with Gasteiger partial charge in [-0.1, -0.05) is 48.5 Å². The van der Waals surface area contributed by atoms with Crippen LogP contribution in [0.25, 0.3) is 43.9 Å². The molecular formula is C44H44N14O7. The van der Waals surface area contributed by atoms with Crippen molar-refractivity contribution in [2.75, 3.05) is 34.5 Å². The van der Waals surface area contributed by atoms with Crippen LogP contribution in [0, 0.1) is 0 Å². The maximum atomic E-state index is 11.9. The number of fused-ring (bicyclic) bond motifs is 4. The Labute approximate surface area is 368 Å². The normalized spacial score (nSPS) is 26.4. The Hall–Kier alpha value is -6.72. The van der Waals surface area contributed by atoms with Gasteiger partial charge in [0, 0.05) is 35.6 Å². The predicted molar refractivity (Wildman–Crippen MR) is 237 cm³/mol. The Kier molecular flexibility index (Phi) is 9.84. The first-order valence-electron chi connectivity index (χ1n) is 21.7. The van der Waals surface area contributed by atoms with Crippen LogP contribution in [0.1, 0.15) is 38.1 Å². The first kappa shape index (κ1) is 39.8. The molecule has 0 spiro atoms. The first-order chi connectivity index (χ1) is 31.9. The van der Waals surface area contributed by atoms with Crippen molar-refractivity contribution in [3.8, 4) is 0 Å². The summed E-state index contributed by atoms with van der Waals surface area (Å²) in [5, 5.41) is 60.1. The molecule has 0 radical (unpaired) electrons. The standard InChI is InChI=1S/C44H44N14O7/c59-17-29-27(61)16-31(63-29)57-19-47-33-39(54-44(55-40(33)57)52-37-25-8-4-2-6-22(25)12-14-46-37)50-26-15-28(26)64-35-30(18-60)65-42(34(35)62)58-20-48-32-38(49-23-9-10-23)53-43(56-41(32)58)51-36-24-7-3-1-5-21(24)11-13-45-36/h1-8,11-14,19-20,23,26-31,34-35,42,59-62H,9-10,15-18H2,(H2,45,49,51,53,56)(H2,46,50,52,54,55). The summed E-state index contributed by atoms with van der Waals surface area (Å²) in [7, 11) is 0. The van der Waals surface area contributed by atoms with Gasteiger partial charge in [-0.2, -0.15) is 19.9 Å². The fourth-order valence-electron chi connectivity index (χ4n) is 8.78. The minimum atomic E-state index is -1.22. The van der Waals surface area contributed by atoms with Gasteiger partial charge in [-0.3, -0.25) is 9.13 Å². The number of hydrogen-bond donors (Lipinski definition) is 8. The van der Waals surface area contributed by atoms with Crippen LogP contribution in [0.3, 0.4) is 0 Å². The Morgan fingerprint density at radius 2 is 1.25 bits per heavy atom. The average Bonchev–Trinajstić information content (AvgIpc) is 4.07. The zero-order valence-corrected chi connectivity index (χ0v) is 34.6. The highest BCUT2D eigenvalue weighted by atomic mass is 16.6. The average molecular weight is 881 g/mol. The monoisotopic (exact) mass is 880 g/mol. The summed E-state index contributed by atoms with van der Waals surface area (Å²) in [6, 6.07) is 19.6. The van der Waals surface area contributed by atoms with E-state index in [1.807, 2.05) is 60.7 Å². The van der Waals surface area contributed by atoms with Crippen molar-refractivity contribution in [1.29, 1.82) is 0 Å². The van der Waals surface area contributed by atoms with Gasteiger partial charge in [-0.05, 0) is 42.2 Å². The number of anilines is 6. The van der Waals surface area contributed by atoms with E-state index in [1.54, 1.807) is 34.2 Å². The number of aliphatic hydroxyl groups excluding tert-OH is 4. The van der Waals surface area contributed by atoms with Crippen LogP contribution in [-0.2, 0) is 14.2 Å². The zero-order chi connectivity index (χ0) is 43.8. The van der Waals surface area contributed by atoms with Gasteiger partial charge in [0.25, 0.3) is 0 Å². The molecule has 2 aromatic carbocycles. The van der Waals surface area contributed by atoms with Crippen molar-refractivity contribution in [1.82, 2.24) is 49.0 Å². The zero-order valence-electron chi connectivity index (χ0n) is 34.6. The molecule has 2 saturated heterocycles. The lowest BCUT2D eigenvalue weighted by molar-refractivity contribution is -0.0655. The molecule has 12 rings (SSSR count). The summed E-state index contributed by atoms with van der Waals surface area (Å²) in [6.45, 7) is -0.739. The molecule has 2 saturated carbocycles. The first-order valence-corrected chi connectivity index (χ1v) is 21.7. The van der Waals surface area contributed by atoms with Gasteiger partial charge >= 0.3 is 0 Å². The second kappa shape index (κ2) is 16.1. The fourth-order valence-corrected chi connectivity index (χ4v) is 8.78. The Morgan fingerprint density at radius 1 is 0.646 bits per heavy atom. The van der Waals surface area contributed by atoms with Crippen molar-refractivity contribution >= 4 is 79.0 Å². The highest BCUT2D eigenvalue weighted by molar-refractivity contribution is 5.94. The third kappa shape index (κ3) is 7.35. The van der Waals surface area contributed by atoms with Gasteiger partial charge in [0.05, 0.1) is 44.1 Å². The molecule has 8 N–H and O–H groups in total. The van der Waals surface area contributed by atoms with Crippen LogP contribution in [0.2, 0.25) is 0 Å². The van der Waals surface area contributed by atoms with E-state index < -0.39 is 55.7 Å².